The number of rotatable bonds is 8. The molecular weight excluding hydrogens is 230 g/mol. The van der Waals surface area contributed by atoms with E-state index in [0.717, 1.165) is 29.9 Å². The molecule has 1 aromatic carbocycles. The van der Waals surface area contributed by atoms with E-state index in [4.69, 9.17) is 19.9 Å². The first kappa shape index (κ1) is 14.8. The number of ether oxygens (including phenoxy) is 3. The summed E-state index contributed by atoms with van der Waals surface area (Å²) < 4.78 is 16.2. The third kappa shape index (κ3) is 4.55. The average molecular weight is 253 g/mol. The van der Waals surface area contributed by atoms with Crippen LogP contribution in [0.15, 0.2) is 18.2 Å². The van der Waals surface area contributed by atoms with E-state index in [1.54, 1.807) is 14.2 Å². The summed E-state index contributed by atoms with van der Waals surface area (Å²) in [5.74, 6) is 1.71. The van der Waals surface area contributed by atoms with Gasteiger partial charge in [0.2, 0.25) is 0 Å². The fourth-order valence-electron chi connectivity index (χ4n) is 1.71. The zero-order valence-electron chi connectivity index (χ0n) is 11.4. The summed E-state index contributed by atoms with van der Waals surface area (Å²) in [4.78, 5) is 0. The molecule has 0 saturated carbocycles. The van der Waals surface area contributed by atoms with E-state index in [0.29, 0.717) is 13.2 Å². The lowest BCUT2D eigenvalue weighted by molar-refractivity contribution is 0.134. The summed E-state index contributed by atoms with van der Waals surface area (Å²) in [6, 6.07) is 5.82. The maximum absolute atomic E-state index is 5.91. The van der Waals surface area contributed by atoms with E-state index in [-0.39, 0.29) is 6.10 Å². The monoisotopic (exact) mass is 253 g/mol. The van der Waals surface area contributed by atoms with E-state index in [2.05, 4.69) is 0 Å². The number of nitrogens with two attached hydrogens (primary N) is 1. The molecule has 1 unspecified atom stereocenters. The molecular formula is C14H23NO3. The molecule has 102 valence electrons. The number of hydrogen-bond acceptors (Lipinski definition) is 4. The highest BCUT2D eigenvalue weighted by Gasteiger charge is 2.09. The summed E-state index contributed by atoms with van der Waals surface area (Å²) in [6.45, 7) is 3.33. The van der Waals surface area contributed by atoms with Gasteiger partial charge in [-0.1, -0.05) is 0 Å². The third-order valence-corrected chi connectivity index (χ3v) is 2.74. The van der Waals surface area contributed by atoms with Gasteiger partial charge in [-0.25, -0.2) is 0 Å². The molecule has 0 spiro atoms. The first-order valence-corrected chi connectivity index (χ1v) is 6.23. The van der Waals surface area contributed by atoms with Crippen LogP contribution in [0, 0.1) is 0 Å². The van der Waals surface area contributed by atoms with E-state index < -0.39 is 0 Å². The van der Waals surface area contributed by atoms with Gasteiger partial charge in [0.05, 0.1) is 13.2 Å². The second-order valence-electron chi connectivity index (χ2n) is 4.22. The number of benzene rings is 1. The predicted octanol–water partition coefficient (Wildman–Crippen LogP) is 2.00. The van der Waals surface area contributed by atoms with E-state index in [1.165, 1.54) is 0 Å². The maximum Gasteiger partial charge on any atom is 0.123 e. The van der Waals surface area contributed by atoms with Crippen molar-refractivity contribution in [3.63, 3.8) is 0 Å². The van der Waals surface area contributed by atoms with Crippen molar-refractivity contribution in [1.29, 1.82) is 0 Å². The Bertz CT molecular complexity index is 355. The molecule has 0 aliphatic carbocycles. The van der Waals surface area contributed by atoms with Gasteiger partial charge < -0.3 is 19.9 Å². The van der Waals surface area contributed by atoms with Gasteiger partial charge in [-0.05, 0) is 43.7 Å². The third-order valence-electron chi connectivity index (χ3n) is 2.74. The minimum atomic E-state index is 0.120. The number of methoxy groups -OCH3 is 2. The lowest BCUT2D eigenvalue weighted by Gasteiger charge is -2.17. The minimum Gasteiger partial charge on any atom is -0.497 e. The Hall–Kier alpha value is -1.26. The van der Waals surface area contributed by atoms with Crippen molar-refractivity contribution < 1.29 is 14.2 Å². The van der Waals surface area contributed by atoms with Crippen LogP contribution in [0.5, 0.6) is 11.5 Å². The molecule has 1 rings (SSSR count). The molecule has 0 fully saturated rings. The molecule has 2 N–H and O–H groups in total. The second kappa shape index (κ2) is 7.95. The van der Waals surface area contributed by atoms with Crippen LogP contribution in [0.1, 0.15) is 18.9 Å². The molecule has 0 heterocycles. The van der Waals surface area contributed by atoms with Gasteiger partial charge in [0.15, 0.2) is 0 Å². The summed E-state index contributed by atoms with van der Waals surface area (Å²) in [7, 11) is 3.35. The van der Waals surface area contributed by atoms with E-state index in [1.807, 2.05) is 25.1 Å². The zero-order chi connectivity index (χ0) is 13.4. The van der Waals surface area contributed by atoms with Crippen LogP contribution < -0.4 is 15.2 Å². The molecule has 18 heavy (non-hydrogen) atoms. The van der Waals surface area contributed by atoms with Crippen LogP contribution in [0.2, 0.25) is 0 Å². The molecule has 1 atom stereocenters. The normalized spacial score (nSPS) is 12.2. The van der Waals surface area contributed by atoms with Crippen LogP contribution in [0.3, 0.4) is 0 Å². The van der Waals surface area contributed by atoms with Crippen molar-refractivity contribution in [3.8, 4) is 11.5 Å². The van der Waals surface area contributed by atoms with Crippen LogP contribution >= 0.6 is 0 Å². The summed E-state index contributed by atoms with van der Waals surface area (Å²) in [5, 5.41) is 0. The molecule has 0 radical (unpaired) electrons. The topological polar surface area (TPSA) is 53.7 Å². The molecule has 0 aromatic heterocycles. The minimum absolute atomic E-state index is 0.120. The molecule has 0 amide bonds. The van der Waals surface area contributed by atoms with Crippen LogP contribution in [-0.2, 0) is 11.2 Å². The van der Waals surface area contributed by atoms with Crippen molar-refractivity contribution in [2.45, 2.75) is 25.9 Å². The first-order chi connectivity index (χ1) is 8.71. The van der Waals surface area contributed by atoms with Crippen molar-refractivity contribution in [2.24, 2.45) is 5.73 Å². The van der Waals surface area contributed by atoms with Gasteiger partial charge in [-0.15, -0.1) is 0 Å². The molecule has 0 bridgehead atoms. The number of hydrogen-bond donors (Lipinski definition) is 1. The standard InChI is InChI=1S/C14H23NO3/c1-11(7-9-16-2)18-14-5-4-13(17-3)10-12(14)6-8-15/h4-5,10-11H,6-9,15H2,1-3H3. The van der Waals surface area contributed by atoms with E-state index in [9.17, 15) is 0 Å². The van der Waals surface area contributed by atoms with Gasteiger partial charge in [0.1, 0.15) is 11.5 Å². The fraction of sp³-hybridized carbons (Fsp3) is 0.571. The molecule has 0 aliphatic heterocycles. The van der Waals surface area contributed by atoms with Crippen molar-refractivity contribution in [2.75, 3.05) is 27.4 Å². The first-order valence-electron chi connectivity index (χ1n) is 6.23. The van der Waals surface area contributed by atoms with Gasteiger partial charge in [-0.2, -0.15) is 0 Å². The Morgan fingerprint density at radius 1 is 1.28 bits per heavy atom. The molecule has 0 saturated heterocycles. The Morgan fingerprint density at radius 2 is 2.06 bits per heavy atom. The van der Waals surface area contributed by atoms with Crippen molar-refractivity contribution in [3.05, 3.63) is 23.8 Å². The highest BCUT2D eigenvalue weighted by atomic mass is 16.5. The quantitative estimate of drug-likeness (QED) is 0.770. The molecule has 1 aromatic rings. The SMILES string of the molecule is COCCC(C)Oc1ccc(OC)cc1CCN. The van der Waals surface area contributed by atoms with Crippen LogP contribution in [0.25, 0.3) is 0 Å². The van der Waals surface area contributed by atoms with Gasteiger partial charge in [0.25, 0.3) is 0 Å². The zero-order valence-corrected chi connectivity index (χ0v) is 11.4. The van der Waals surface area contributed by atoms with Crippen LogP contribution in [0.4, 0.5) is 0 Å². The van der Waals surface area contributed by atoms with Crippen molar-refractivity contribution in [1.82, 2.24) is 0 Å². The summed E-state index contributed by atoms with van der Waals surface area (Å²) in [5.41, 5.74) is 6.70. The maximum atomic E-state index is 5.91. The summed E-state index contributed by atoms with van der Waals surface area (Å²) in [6.07, 6.45) is 1.77. The molecule has 4 nitrogen and oxygen atoms in total. The van der Waals surface area contributed by atoms with E-state index >= 15 is 0 Å². The Balaban J connectivity index is 2.73. The molecule has 4 heteroatoms. The van der Waals surface area contributed by atoms with Crippen molar-refractivity contribution >= 4 is 0 Å². The van der Waals surface area contributed by atoms with Gasteiger partial charge in [-0.3, -0.25) is 0 Å². The van der Waals surface area contributed by atoms with Crippen LogP contribution in [-0.4, -0.2) is 33.5 Å². The Morgan fingerprint density at radius 3 is 2.67 bits per heavy atom. The predicted molar refractivity (Wildman–Crippen MR) is 72.3 cm³/mol. The highest BCUT2D eigenvalue weighted by molar-refractivity contribution is 5.40. The summed E-state index contributed by atoms with van der Waals surface area (Å²) >= 11 is 0. The smallest absolute Gasteiger partial charge is 0.123 e. The lowest BCUT2D eigenvalue weighted by atomic mass is 10.1. The Labute approximate surface area is 109 Å². The Kier molecular flexibility index (Phi) is 6.54. The average Bonchev–Trinajstić information content (AvgIpc) is 2.38. The largest absolute Gasteiger partial charge is 0.497 e. The molecule has 0 aliphatic rings. The van der Waals surface area contributed by atoms with Gasteiger partial charge >= 0.3 is 0 Å². The lowest BCUT2D eigenvalue weighted by Crippen LogP contribution is -2.16. The van der Waals surface area contributed by atoms with Gasteiger partial charge in [0, 0.05) is 20.1 Å². The second-order valence-corrected chi connectivity index (χ2v) is 4.22. The highest BCUT2D eigenvalue weighted by Crippen LogP contribution is 2.25. The fourth-order valence-corrected chi connectivity index (χ4v) is 1.71.